The Hall–Kier alpha value is -1.94. The largest absolute Gasteiger partial charge is 0.472 e. The molecule has 0 aliphatic heterocycles. The normalized spacial score (nSPS) is 14.6. The first-order valence-corrected chi connectivity index (χ1v) is 39.7. The van der Waals surface area contributed by atoms with Gasteiger partial charge in [0, 0.05) is 25.7 Å². The van der Waals surface area contributed by atoms with Gasteiger partial charge in [-0.15, -0.1) is 0 Å². The van der Waals surface area contributed by atoms with E-state index in [1.807, 2.05) is 0 Å². The molecule has 0 saturated heterocycles. The van der Waals surface area contributed by atoms with Crippen LogP contribution in [0, 0.1) is 23.7 Å². The Labute approximate surface area is 549 Å². The number of aliphatic hydroxyl groups is 1. The van der Waals surface area contributed by atoms with Crippen molar-refractivity contribution in [3.8, 4) is 0 Å². The van der Waals surface area contributed by atoms with E-state index < -0.39 is 97.5 Å². The number of hydrogen-bond acceptors (Lipinski definition) is 15. The van der Waals surface area contributed by atoms with E-state index in [2.05, 4.69) is 55.4 Å². The van der Waals surface area contributed by atoms with Crippen LogP contribution in [0.5, 0.6) is 0 Å². The SMILES string of the molecule is CCC(C)CCCCCCCCCCC(=O)O[C@H](COC(=O)CCCCCCCCCC(C)C)COP(=O)(O)OCC(O)COP(=O)(O)OC[C@@H](COC(=O)CCCCCCCCCCCCCC(C)C)OC(=O)CCCCCCCCCCCCCC(C)C. The van der Waals surface area contributed by atoms with Gasteiger partial charge >= 0.3 is 39.5 Å². The molecule has 0 heterocycles. The van der Waals surface area contributed by atoms with Crippen molar-refractivity contribution in [3.05, 3.63) is 0 Å². The van der Waals surface area contributed by atoms with Crippen LogP contribution in [0.1, 0.15) is 351 Å². The van der Waals surface area contributed by atoms with Crippen LogP contribution in [0.3, 0.4) is 0 Å². The second kappa shape index (κ2) is 60.7. The highest BCUT2D eigenvalue weighted by molar-refractivity contribution is 7.47. The molecule has 0 radical (unpaired) electrons. The lowest BCUT2D eigenvalue weighted by Crippen LogP contribution is -2.30. The molecule has 0 spiro atoms. The van der Waals surface area contributed by atoms with Gasteiger partial charge in [-0.05, 0) is 49.4 Å². The molecule has 19 heteroatoms. The number of esters is 4. The van der Waals surface area contributed by atoms with Crippen molar-refractivity contribution in [2.75, 3.05) is 39.6 Å². The Balaban J connectivity index is 5.27. The smallest absolute Gasteiger partial charge is 0.462 e. The van der Waals surface area contributed by atoms with Crippen molar-refractivity contribution in [1.29, 1.82) is 0 Å². The Kier molecular flexibility index (Phi) is 59.4. The lowest BCUT2D eigenvalue weighted by atomic mass is 9.99. The van der Waals surface area contributed by atoms with E-state index in [0.717, 1.165) is 114 Å². The number of hydrogen-bond donors (Lipinski definition) is 3. The Morgan fingerprint density at radius 3 is 0.789 bits per heavy atom. The van der Waals surface area contributed by atoms with Crippen LogP contribution in [0.15, 0.2) is 0 Å². The lowest BCUT2D eigenvalue weighted by molar-refractivity contribution is -0.161. The quantitative estimate of drug-likeness (QED) is 0.0222. The van der Waals surface area contributed by atoms with E-state index in [1.165, 1.54) is 148 Å². The van der Waals surface area contributed by atoms with E-state index in [9.17, 15) is 43.2 Å². The average molecular weight is 1330 g/mol. The number of unbranched alkanes of at least 4 members (excludes halogenated alkanes) is 33. The third-order valence-electron chi connectivity index (χ3n) is 16.7. The molecule has 0 aliphatic rings. The van der Waals surface area contributed by atoms with Crippen LogP contribution in [0.4, 0.5) is 0 Å². The van der Waals surface area contributed by atoms with Gasteiger partial charge in [0.15, 0.2) is 12.2 Å². The van der Waals surface area contributed by atoms with Crippen LogP contribution < -0.4 is 0 Å². The molecular weight excluding hydrogens is 1190 g/mol. The van der Waals surface area contributed by atoms with Crippen molar-refractivity contribution < 1.29 is 80.2 Å². The molecule has 0 aromatic heterocycles. The summed E-state index contributed by atoms with van der Waals surface area (Å²) in [5, 5.41) is 10.6. The number of phosphoric ester groups is 2. The van der Waals surface area contributed by atoms with Gasteiger partial charge < -0.3 is 33.8 Å². The number of carbonyl (C=O) groups excluding carboxylic acids is 4. The van der Waals surface area contributed by atoms with E-state index in [4.69, 9.17) is 37.0 Å². The number of phosphoric acid groups is 2. The molecule has 0 fully saturated rings. The number of aliphatic hydroxyl groups excluding tert-OH is 1. The maximum Gasteiger partial charge on any atom is 0.472 e. The molecule has 0 amide bonds. The second-order valence-corrected chi connectivity index (χ2v) is 30.2. The summed E-state index contributed by atoms with van der Waals surface area (Å²) in [5.41, 5.74) is 0. The standard InChI is InChI=1S/C71H138O17P2/c1-9-64(8)50-42-34-26-20-21-29-38-46-54-71(76)88-67(58-82-69(74)52-44-36-30-22-25-33-41-49-63(6)7)60-86-90(79,80)84-56-65(72)55-83-89(77,78)85-59-66(87-70(75)53-45-37-28-19-15-11-13-17-24-32-40-48-62(4)5)57-81-68(73)51-43-35-27-18-14-10-12-16-23-31-39-47-61(2)3/h61-67,72H,9-60H2,1-8H3,(H,77,78)(H,79,80)/t64?,65?,66-,67-/m1/s1. The Bertz CT molecular complexity index is 1780. The van der Waals surface area contributed by atoms with Gasteiger partial charge in [0.2, 0.25) is 0 Å². The maximum absolute atomic E-state index is 13.0. The Morgan fingerprint density at radius 2 is 0.533 bits per heavy atom. The molecule has 0 bridgehead atoms. The molecule has 0 aliphatic carbocycles. The molecule has 4 unspecified atom stereocenters. The topological polar surface area (TPSA) is 237 Å². The summed E-state index contributed by atoms with van der Waals surface area (Å²) in [7, 11) is -9.90. The Morgan fingerprint density at radius 1 is 0.311 bits per heavy atom. The first-order chi connectivity index (χ1) is 43.1. The van der Waals surface area contributed by atoms with Gasteiger partial charge in [0.25, 0.3) is 0 Å². The second-order valence-electron chi connectivity index (χ2n) is 27.3. The summed E-state index contributed by atoms with van der Waals surface area (Å²) in [6.07, 6.45) is 43.0. The van der Waals surface area contributed by atoms with Gasteiger partial charge in [0.1, 0.15) is 19.3 Å². The zero-order valence-corrected chi connectivity index (χ0v) is 60.6. The van der Waals surface area contributed by atoms with Crippen LogP contribution in [-0.4, -0.2) is 96.7 Å². The van der Waals surface area contributed by atoms with Gasteiger partial charge in [-0.25, -0.2) is 9.13 Å². The maximum atomic E-state index is 13.0. The molecule has 17 nitrogen and oxygen atoms in total. The first kappa shape index (κ1) is 88.1. The summed E-state index contributed by atoms with van der Waals surface area (Å²) in [4.78, 5) is 72.6. The van der Waals surface area contributed by atoms with Crippen LogP contribution in [0.25, 0.3) is 0 Å². The minimum atomic E-state index is -4.95. The van der Waals surface area contributed by atoms with E-state index in [0.29, 0.717) is 31.6 Å². The zero-order chi connectivity index (χ0) is 66.8. The van der Waals surface area contributed by atoms with Crippen molar-refractivity contribution in [2.24, 2.45) is 23.7 Å². The third kappa shape index (κ3) is 63.5. The first-order valence-electron chi connectivity index (χ1n) is 36.7. The molecule has 0 saturated carbocycles. The summed E-state index contributed by atoms with van der Waals surface area (Å²) >= 11 is 0. The van der Waals surface area contributed by atoms with Crippen molar-refractivity contribution in [2.45, 2.75) is 369 Å². The number of ether oxygens (including phenoxy) is 4. The van der Waals surface area contributed by atoms with Gasteiger partial charge in [-0.3, -0.25) is 37.3 Å². The minimum absolute atomic E-state index is 0.104. The summed E-state index contributed by atoms with van der Waals surface area (Å²) in [6.45, 7) is 14.1. The zero-order valence-electron chi connectivity index (χ0n) is 58.8. The fourth-order valence-corrected chi connectivity index (χ4v) is 12.2. The fraction of sp³-hybridized carbons (Fsp3) is 0.944. The average Bonchev–Trinajstić information content (AvgIpc) is 2.44. The van der Waals surface area contributed by atoms with E-state index in [1.54, 1.807) is 0 Å². The summed E-state index contributed by atoms with van der Waals surface area (Å²) < 4.78 is 68.3. The summed E-state index contributed by atoms with van der Waals surface area (Å²) in [5.74, 6) is 0.882. The van der Waals surface area contributed by atoms with Crippen LogP contribution >= 0.6 is 15.6 Å². The summed E-state index contributed by atoms with van der Waals surface area (Å²) in [6, 6.07) is 0. The van der Waals surface area contributed by atoms with Gasteiger partial charge in [-0.1, -0.05) is 299 Å². The molecule has 3 N–H and O–H groups in total. The monoisotopic (exact) mass is 1320 g/mol. The van der Waals surface area contributed by atoms with Crippen molar-refractivity contribution >= 4 is 39.5 Å². The molecule has 6 atom stereocenters. The fourth-order valence-electron chi connectivity index (χ4n) is 10.6. The van der Waals surface area contributed by atoms with Crippen molar-refractivity contribution in [1.82, 2.24) is 0 Å². The molecular formula is C71H138O17P2. The van der Waals surface area contributed by atoms with Gasteiger partial charge in [0.05, 0.1) is 26.4 Å². The van der Waals surface area contributed by atoms with E-state index in [-0.39, 0.29) is 25.7 Å². The molecule has 0 rings (SSSR count). The minimum Gasteiger partial charge on any atom is -0.462 e. The van der Waals surface area contributed by atoms with Crippen LogP contribution in [0.2, 0.25) is 0 Å². The predicted octanol–water partition coefficient (Wildman–Crippen LogP) is 20.1. The molecule has 534 valence electrons. The van der Waals surface area contributed by atoms with Crippen molar-refractivity contribution in [3.63, 3.8) is 0 Å². The van der Waals surface area contributed by atoms with Crippen LogP contribution in [-0.2, 0) is 65.4 Å². The lowest BCUT2D eigenvalue weighted by Gasteiger charge is -2.21. The third-order valence-corrected chi connectivity index (χ3v) is 18.6. The molecule has 0 aromatic carbocycles. The van der Waals surface area contributed by atoms with E-state index >= 15 is 0 Å². The highest BCUT2D eigenvalue weighted by atomic mass is 31.2. The highest BCUT2D eigenvalue weighted by Crippen LogP contribution is 2.45. The highest BCUT2D eigenvalue weighted by Gasteiger charge is 2.30. The molecule has 90 heavy (non-hydrogen) atoms. The molecule has 0 aromatic rings. The number of carbonyl (C=O) groups is 4. The predicted molar refractivity (Wildman–Crippen MR) is 363 cm³/mol. The number of rotatable bonds is 68. The van der Waals surface area contributed by atoms with Gasteiger partial charge in [-0.2, -0.15) is 0 Å².